The fourth-order valence-electron chi connectivity index (χ4n) is 3.75. The number of likely N-dealkylation sites (tertiary alicyclic amines) is 1. The van der Waals surface area contributed by atoms with E-state index in [-0.39, 0.29) is 29.3 Å². The summed E-state index contributed by atoms with van der Waals surface area (Å²) in [6, 6.07) is 3.87. The molecule has 1 saturated heterocycles. The average Bonchev–Trinajstić information content (AvgIpc) is 2.88. The summed E-state index contributed by atoms with van der Waals surface area (Å²) in [6.07, 6.45) is 4.14. The van der Waals surface area contributed by atoms with E-state index < -0.39 is 5.82 Å². The van der Waals surface area contributed by atoms with Gasteiger partial charge in [-0.1, -0.05) is 11.6 Å². The molecule has 2 heterocycles. The summed E-state index contributed by atoms with van der Waals surface area (Å²) in [6.45, 7) is 6.97. The van der Waals surface area contributed by atoms with Crippen molar-refractivity contribution in [1.82, 2.24) is 15.5 Å². The van der Waals surface area contributed by atoms with Crippen LogP contribution in [-0.2, 0) is 4.79 Å². The van der Waals surface area contributed by atoms with Crippen molar-refractivity contribution in [3.63, 3.8) is 0 Å². The molecule has 0 saturated carbocycles. The van der Waals surface area contributed by atoms with E-state index in [0.29, 0.717) is 51.3 Å². The minimum Gasteiger partial charge on any atom is -0.493 e. The van der Waals surface area contributed by atoms with E-state index in [9.17, 15) is 14.0 Å². The van der Waals surface area contributed by atoms with Crippen LogP contribution in [0.15, 0.2) is 29.8 Å². The minimum absolute atomic E-state index is 0.0544. The van der Waals surface area contributed by atoms with Gasteiger partial charge in [-0.15, -0.1) is 0 Å². The monoisotopic (exact) mass is 403 g/mol. The summed E-state index contributed by atoms with van der Waals surface area (Å²) >= 11 is 0. The first kappa shape index (κ1) is 21.3. The molecule has 1 aromatic rings. The Bertz CT molecular complexity index is 777. The van der Waals surface area contributed by atoms with E-state index in [2.05, 4.69) is 21.6 Å². The third-order valence-electron chi connectivity index (χ3n) is 5.35. The normalized spacial score (nSPS) is 23.7. The average molecular weight is 403 g/mol. The van der Waals surface area contributed by atoms with Gasteiger partial charge in [-0.2, -0.15) is 0 Å². The zero-order valence-electron chi connectivity index (χ0n) is 17.2. The fraction of sp³-hybridized carbons (Fsp3) is 0.545. The van der Waals surface area contributed by atoms with Gasteiger partial charge in [0.15, 0.2) is 0 Å². The molecule has 6 nitrogen and oxygen atoms in total. The molecule has 2 atom stereocenters. The Labute approximate surface area is 171 Å². The molecule has 1 fully saturated rings. The Morgan fingerprint density at radius 3 is 2.90 bits per heavy atom. The fourth-order valence-corrected chi connectivity index (χ4v) is 3.75. The highest BCUT2D eigenvalue weighted by atomic mass is 19.1. The third kappa shape index (κ3) is 6.03. The summed E-state index contributed by atoms with van der Waals surface area (Å²) in [5.74, 6) is -0.511. The Kier molecular flexibility index (Phi) is 7.25. The van der Waals surface area contributed by atoms with Gasteiger partial charge in [-0.05, 0) is 51.3 Å². The van der Waals surface area contributed by atoms with E-state index >= 15 is 0 Å². The number of amides is 2. The number of halogens is 1. The molecule has 3 rings (SSSR count). The van der Waals surface area contributed by atoms with Crippen molar-refractivity contribution in [1.29, 1.82) is 0 Å². The molecular weight excluding hydrogens is 373 g/mol. The van der Waals surface area contributed by atoms with Crippen LogP contribution in [0.2, 0.25) is 0 Å². The van der Waals surface area contributed by atoms with Gasteiger partial charge in [-0.3, -0.25) is 14.5 Å². The number of nitrogens with one attached hydrogen (secondary N) is 2. The van der Waals surface area contributed by atoms with Gasteiger partial charge in [-0.25, -0.2) is 4.39 Å². The molecule has 158 valence electrons. The topological polar surface area (TPSA) is 70.7 Å². The van der Waals surface area contributed by atoms with Crippen molar-refractivity contribution < 1.29 is 18.7 Å². The molecule has 2 aliphatic heterocycles. The van der Waals surface area contributed by atoms with Crippen LogP contribution in [0.1, 0.15) is 43.5 Å². The third-order valence-corrected chi connectivity index (χ3v) is 5.35. The molecule has 2 N–H and O–H groups in total. The van der Waals surface area contributed by atoms with Gasteiger partial charge in [0, 0.05) is 32.2 Å². The summed E-state index contributed by atoms with van der Waals surface area (Å²) in [7, 11) is 0. The van der Waals surface area contributed by atoms with Crippen molar-refractivity contribution in [2.45, 2.75) is 39.2 Å². The molecule has 0 aromatic heterocycles. The van der Waals surface area contributed by atoms with Gasteiger partial charge in [0.05, 0.1) is 18.1 Å². The van der Waals surface area contributed by atoms with Crippen LogP contribution in [0.5, 0.6) is 5.75 Å². The zero-order chi connectivity index (χ0) is 20.8. The zero-order valence-corrected chi connectivity index (χ0v) is 17.2. The van der Waals surface area contributed by atoms with E-state index in [1.54, 1.807) is 0 Å². The first-order valence-electron chi connectivity index (χ1n) is 10.3. The number of allylic oxidation sites excluding steroid dienone is 1. The molecular formula is C22H30FN3O3. The first-order valence-corrected chi connectivity index (χ1v) is 10.3. The van der Waals surface area contributed by atoms with Crippen molar-refractivity contribution in [3.05, 3.63) is 41.2 Å². The smallest absolute Gasteiger partial charge is 0.255 e. The summed E-state index contributed by atoms with van der Waals surface area (Å²) in [5, 5.41) is 6.04. The van der Waals surface area contributed by atoms with Crippen LogP contribution in [-0.4, -0.2) is 55.5 Å². The van der Waals surface area contributed by atoms with Crippen molar-refractivity contribution in [2.24, 2.45) is 5.92 Å². The summed E-state index contributed by atoms with van der Waals surface area (Å²) in [4.78, 5) is 27.8. The molecule has 0 aliphatic carbocycles. The van der Waals surface area contributed by atoms with Crippen LogP contribution in [0.25, 0.3) is 0 Å². The largest absolute Gasteiger partial charge is 0.493 e. The number of ether oxygens (including phenoxy) is 1. The van der Waals surface area contributed by atoms with E-state index in [0.717, 1.165) is 6.54 Å². The molecule has 7 heteroatoms. The molecule has 29 heavy (non-hydrogen) atoms. The van der Waals surface area contributed by atoms with Gasteiger partial charge in [0.25, 0.3) is 5.91 Å². The van der Waals surface area contributed by atoms with Gasteiger partial charge < -0.3 is 15.4 Å². The highest BCUT2D eigenvalue weighted by Crippen LogP contribution is 2.22. The first-order chi connectivity index (χ1) is 13.9. The van der Waals surface area contributed by atoms with Crippen molar-refractivity contribution in [2.75, 3.05) is 32.8 Å². The Morgan fingerprint density at radius 2 is 2.10 bits per heavy atom. The number of hydrogen-bond acceptors (Lipinski definition) is 4. The quantitative estimate of drug-likeness (QED) is 0.745. The van der Waals surface area contributed by atoms with Crippen LogP contribution in [0.4, 0.5) is 4.39 Å². The van der Waals surface area contributed by atoms with Gasteiger partial charge >= 0.3 is 0 Å². The number of carbonyl (C=O) groups excluding carboxylic acids is 2. The van der Waals surface area contributed by atoms with E-state index in [4.69, 9.17) is 4.74 Å². The number of carbonyl (C=O) groups is 2. The predicted octanol–water partition coefficient (Wildman–Crippen LogP) is 2.50. The van der Waals surface area contributed by atoms with Gasteiger partial charge in [0.1, 0.15) is 11.6 Å². The van der Waals surface area contributed by atoms with Crippen LogP contribution >= 0.6 is 0 Å². The molecule has 0 radical (unpaired) electrons. The maximum absolute atomic E-state index is 13.8. The van der Waals surface area contributed by atoms with Crippen LogP contribution in [0.3, 0.4) is 0 Å². The lowest BCUT2D eigenvalue weighted by molar-refractivity contribution is -0.125. The molecule has 0 spiro atoms. The Balaban J connectivity index is 1.86. The molecule has 2 aliphatic rings. The molecule has 1 aromatic carbocycles. The lowest BCUT2D eigenvalue weighted by atomic mass is 10.0. The Hall–Kier alpha value is -2.41. The minimum atomic E-state index is -0.470. The SMILES string of the molecule is CC(C)=CCN1C[C@H]2CC[C@@H](C1)C(=O)NCCCOc1ccc(F)cc1C(=O)N2. The van der Waals surface area contributed by atoms with Crippen molar-refractivity contribution in [3.8, 4) is 5.75 Å². The summed E-state index contributed by atoms with van der Waals surface area (Å²) < 4.78 is 19.5. The van der Waals surface area contributed by atoms with Gasteiger partial charge in [0.2, 0.25) is 5.91 Å². The van der Waals surface area contributed by atoms with E-state index in [1.807, 2.05) is 13.8 Å². The summed E-state index contributed by atoms with van der Waals surface area (Å²) in [5.41, 5.74) is 1.42. The second-order valence-electron chi connectivity index (χ2n) is 8.08. The lowest BCUT2D eigenvalue weighted by Crippen LogP contribution is -2.43. The highest BCUT2D eigenvalue weighted by molar-refractivity contribution is 5.97. The molecule has 0 unspecified atom stereocenters. The number of hydrogen-bond donors (Lipinski definition) is 2. The lowest BCUT2D eigenvalue weighted by Gasteiger charge is -2.25. The number of rotatable bonds is 2. The van der Waals surface area contributed by atoms with Crippen LogP contribution < -0.4 is 15.4 Å². The maximum Gasteiger partial charge on any atom is 0.255 e. The van der Waals surface area contributed by atoms with Crippen molar-refractivity contribution >= 4 is 11.8 Å². The Morgan fingerprint density at radius 1 is 1.28 bits per heavy atom. The number of benzene rings is 1. The van der Waals surface area contributed by atoms with E-state index in [1.165, 1.54) is 23.8 Å². The number of fused-ring (bicyclic) bond motifs is 4. The number of nitrogens with zero attached hydrogens (tertiary/aromatic N) is 1. The standard InChI is InChI=1S/C22H30FN3O3/c1-15(2)8-10-26-13-16-4-6-18(14-26)25-22(28)19-12-17(23)5-7-20(19)29-11-3-9-24-21(16)27/h5,7-8,12,16,18H,3-4,6,9-11,13-14H2,1-2H3,(H,24,27)(H,25,28)/t16-,18+/m0/s1. The molecule has 2 amide bonds. The molecule has 2 bridgehead atoms. The predicted molar refractivity (Wildman–Crippen MR) is 109 cm³/mol. The second kappa shape index (κ2) is 9.87. The highest BCUT2D eigenvalue weighted by Gasteiger charge is 2.29. The van der Waals surface area contributed by atoms with Crippen LogP contribution in [0, 0.1) is 11.7 Å². The second-order valence-corrected chi connectivity index (χ2v) is 8.08. The maximum atomic E-state index is 13.8.